The van der Waals surface area contributed by atoms with Crippen LogP contribution in [0.25, 0.3) is 11.0 Å². The average molecular weight is 419 g/mol. The number of hydrogen-bond acceptors (Lipinski definition) is 6. The van der Waals surface area contributed by atoms with E-state index in [1.165, 1.54) is 18.3 Å². The summed E-state index contributed by atoms with van der Waals surface area (Å²) in [5, 5.41) is 12.2. The molecule has 0 radical (unpaired) electrons. The lowest BCUT2D eigenvalue weighted by Crippen LogP contribution is -2.32. The summed E-state index contributed by atoms with van der Waals surface area (Å²) in [7, 11) is 0. The third-order valence-electron chi connectivity index (χ3n) is 4.62. The lowest BCUT2D eigenvalue weighted by Gasteiger charge is -2.07. The molecule has 31 heavy (non-hydrogen) atoms. The van der Waals surface area contributed by atoms with E-state index in [0.717, 1.165) is 10.2 Å². The molecule has 0 aliphatic carbocycles. The number of nitrogens with zero attached hydrogens (tertiary/aromatic N) is 4. The molecule has 2 aromatic carbocycles. The van der Waals surface area contributed by atoms with Crippen molar-refractivity contribution >= 4 is 23.1 Å². The van der Waals surface area contributed by atoms with E-state index in [4.69, 9.17) is 4.52 Å². The smallest absolute Gasteiger partial charge is 0.280 e. The van der Waals surface area contributed by atoms with Crippen LogP contribution in [0.15, 0.2) is 69.0 Å². The number of aromatic nitrogens is 3. The number of rotatable bonds is 6. The van der Waals surface area contributed by atoms with Crippen LogP contribution in [0.2, 0.25) is 0 Å². The standard InChI is InChI=1S/C22H18FN5O3/c1-14-20-21(31-27-14)18(11-15-7-3-2-4-8-15)26-28(22(20)30)13-19(29)25-24-12-16-9-5-6-10-17(16)23/h2-10,12H,11,13H2,1H3,(H,25,29)/b24-12-. The Balaban J connectivity index is 1.59. The topological polar surface area (TPSA) is 102 Å². The molecule has 1 N–H and O–H groups in total. The number of fused-ring (bicyclic) bond motifs is 1. The van der Waals surface area contributed by atoms with Gasteiger partial charge in [-0.3, -0.25) is 9.59 Å². The van der Waals surface area contributed by atoms with Crippen molar-refractivity contribution in [3.63, 3.8) is 0 Å². The van der Waals surface area contributed by atoms with Gasteiger partial charge in [-0.05, 0) is 18.6 Å². The second-order valence-electron chi connectivity index (χ2n) is 6.86. The number of hydrogen-bond donors (Lipinski definition) is 1. The van der Waals surface area contributed by atoms with Crippen LogP contribution in [0, 0.1) is 12.7 Å². The number of halogens is 1. The third-order valence-corrected chi connectivity index (χ3v) is 4.62. The van der Waals surface area contributed by atoms with Crippen LogP contribution in [-0.4, -0.2) is 27.1 Å². The van der Waals surface area contributed by atoms with E-state index in [0.29, 0.717) is 23.4 Å². The molecule has 0 saturated heterocycles. The Morgan fingerprint density at radius 3 is 2.71 bits per heavy atom. The van der Waals surface area contributed by atoms with E-state index < -0.39 is 17.3 Å². The van der Waals surface area contributed by atoms with Gasteiger partial charge < -0.3 is 4.52 Å². The molecule has 0 atom stereocenters. The highest BCUT2D eigenvalue weighted by Gasteiger charge is 2.19. The summed E-state index contributed by atoms with van der Waals surface area (Å²) < 4.78 is 20.0. The lowest BCUT2D eigenvalue weighted by atomic mass is 10.1. The molecule has 0 aliphatic rings. The van der Waals surface area contributed by atoms with Crippen molar-refractivity contribution in [3.05, 3.63) is 93.3 Å². The molecular weight excluding hydrogens is 401 g/mol. The van der Waals surface area contributed by atoms with E-state index >= 15 is 0 Å². The fraction of sp³-hybridized carbons (Fsp3) is 0.136. The Morgan fingerprint density at radius 2 is 1.94 bits per heavy atom. The zero-order valence-corrected chi connectivity index (χ0v) is 16.6. The number of hydrazone groups is 1. The summed E-state index contributed by atoms with van der Waals surface area (Å²) in [6.45, 7) is 1.29. The highest BCUT2D eigenvalue weighted by atomic mass is 19.1. The molecule has 8 nitrogen and oxygen atoms in total. The first kappa shape index (κ1) is 20.1. The van der Waals surface area contributed by atoms with E-state index in [9.17, 15) is 14.0 Å². The highest BCUT2D eigenvalue weighted by molar-refractivity contribution is 5.83. The van der Waals surface area contributed by atoms with Crippen LogP contribution in [0.4, 0.5) is 4.39 Å². The molecule has 0 bridgehead atoms. The van der Waals surface area contributed by atoms with Crippen LogP contribution in [0.1, 0.15) is 22.5 Å². The van der Waals surface area contributed by atoms with Crippen LogP contribution in [0.5, 0.6) is 0 Å². The monoisotopic (exact) mass is 419 g/mol. The summed E-state index contributed by atoms with van der Waals surface area (Å²) in [5.74, 6) is -1.04. The van der Waals surface area contributed by atoms with Gasteiger partial charge in [0.15, 0.2) is 5.58 Å². The maximum absolute atomic E-state index is 13.6. The van der Waals surface area contributed by atoms with E-state index in [1.54, 1.807) is 19.1 Å². The number of amides is 1. The molecule has 9 heteroatoms. The SMILES string of the molecule is Cc1noc2c(Cc3ccccc3)nn(CC(=O)N/N=C\c3ccccc3F)c(=O)c12. The van der Waals surface area contributed by atoms with Gasteiger partial charge in [0.25, 0.3) is 11.5 Å². The molecule has 2 aromatic heterocycles. The second kappa shape index (κ2) is 8.70. The Labute approximate surface area is 176 Å². The van der Waals surface area contributed by atoms with Crippen molar-refractivity contribution < 1.29 is 13.7 Å². The minimum absolute atomic E-state index is 0.227. The normalized spacial score (nSPS) is 11.3. The molecule has 2 heterocycles. The van der Waals surface area contributed by atoms with Gasteiger partial charge in [0, 0.05) is 12.0 Å². The van der Waals surface area contributed by atoms with Gasteiger partial charge in [0.05, 0.1) is 11.9 Å². The molecule has 0 fully saturated rings. The summed E-state index contributed by atoms with van der Waals surface area (Å²) in [5.41, 5.74) is 4.21. The molecule has 0 unspecified atom stereocenters. The Morgan fingerprint density at radius 1 is 1.19 bits per heavy atom. The molecule has 0 aliphatic heterocycles. The van der Waals surface area contributed by atoms with Crippen LogP contribution >= 0.6 is 0 Å². The van der Waals surface area contributed by atoms with E-state index in [1.807, 2.05) is 30.3 Å². The molecule has 0 spiro atoms. The van der Waals surface area contributed by atoms with Crippen molar-refractivity contribution in [1.29, 1.82) is 0 Å². The lowest BCUT2D eigenvalue weighted by molar-refractivity contribution is -0.121. The quantitative estimate of drug-likeness (QED) is 0.382. The number of aryl methyl sites for hydroxylation is 1. The summed E-state index contributed by atoms with van der Waals surface area (Å²) in [6, 6.07) is 15.6. The maximum atomic E-state index is 13.6. The molecule has 156 valence electrons. The Bertz CT molecular complexity index is 1330. The predicted molar refractivity (Wildman–Crippen MR) is 112 cm³/mol. The fourth-order valence-electron chi connectivity index (χ4n) is 3.12. The summed E-state index contributed by atoms with van der Waals surface area (Å²) in [4.78, 5) is 25.1. The van der Waals surface area contributed by atoms with Crippen molar-refractivity contribution in [1.82, 2.24) is 20.4 Å². The van der Waals surface area contributed by atoms with Gasteiger partial charge in [-0.15, -0.1) is 0 Å². The fourth-order valence-corrected chi connectivity index (χ4v) is 3.12. The predicted octanol–water partition coefficient (Wildman–Crippen LogP) is 2.57. The largest absolute Gasteiger partial charge is 0.354 e. The van der Waals surface area contributed by atoms with Crippen LogP contribution < -0.4 is 11.0 Å². The number of carbonyl (C=O) groups excluding carboxylic acids is 1. The van der Waals surface area contributed by atoms with Gasteiger partial charge in [-0.1, -0.05) is 53.7 Å². The van der Waals surface area contributed by atoms with E-state index in [-0.39, 0.29) is 17.5 Å². The van der Waals surface area contributed by atoms with Crippen LogP contribution in [-0.2, 0) is 17.8 Å². The van der Waals surface area contributed by atoms with Gasteiger partial charge in [0.2, 0.25) is 0 Å². The Kier molecular flexibility index (Phi) is 5.65. The van der Waals surface area contributed by atoms with E-state index in [2.05, 4.69) is 20.8 Å². The van der Waals surface area contributed by atoms with Crippen molar-refractivity contribution in [2.45, 2.75) is 19.9 Å². The van der Waals surface area contributed by atoms with Gasteiger partial charge in [-0.2, -0.15) is 10.2 Å². The van der Waals surface area contributed by atoms with Crippen molar-refractivity contribution in [3.8, 4) is 0 Å². The summed E-state index contributed by atoms with van der Waals surface area (Å²) in [6.07, 6.45) is 1.59. The molecule has 4 aromatic rings. The van der Waals surface area contributed by atoms with Gasteiger partial charge in [-0.25, -0.2) is 14.5 Å². The number of carbonyl (C=O) groups is 1. The molecule has 0 saturated carbocycles. The zero-order valence-electron chi connectivity index (χ0n) is 16.6. The minimum Gasteiger partial charge on any atom is -0.354 e. The second-order valence-corrected chi connectivity index (χ2v) is 6.86. The first-order valence-electron chi connectivity index (χ1n) is 9.49. The first-order chi connectivity index (χ1) is 15.0. The third kappa shape index (κ3) is 4.40. The summed E-state index contributed by atoms with van der Waals surface area (Å²) >= 11 is 0. The first-order valence-corrected chi connectivity index (χ1v) is 9.49. The minimum atomic E-state index is -0.582. The molecule has 4 rings (SSSR count). The average Bonchev–Trinajstić information content (AvgIpc) is 3.16. The van der Waals surface area contributed by atoms with Gasteiger partial charge >= 0.3 is 0 Å². The number of nitrogens with one attached hydrogen (secondary N) is 1. The molecular formula is C22H18FN5O3. The zero-order chi connectivity index (χ0) is 21.8. The number of benzene rings is 2. The molecule has 1 amide bonds. The van der Waals surface area contributed by atoms with Crippen molar-refractivity contribution in [2.24, 2.45) is 5.10 Å². The van der Waals surface area contributed by atoms with Crippen LogP contribution in [0.3, 0.4) is 0 Å². The highest BCUT2D eigenvalue weighted by Crippen LogP contribution is 2.19. The maximum Gasteiger partial charge on any atom is 0.280 e. The van der Waals surface area contributed by atoms with Crippen molar-refractivity contribution in [2.75, 3.05) is 0 Å². The van der Waals surface area contributed by atoms with Gasteiger partial charge in [0.1, 0.15) is 23.4 Å². The Hall–Kier alpha value is -4.14.